The molecule has 0 radical (unpaired) electrons. The van der Waals surface area contributed by atoms with Crippen LogP contribution < -0.4 is 11.5 Å². The van der Waals surface area contributed by atoms with Gasteiger partial charge >= 0.3 is 0 Å². The monoisotopic (exact) mass is 177 g/mol. The molecule has 0 atom stereocenters. The Bertz CT molecular complexity index is 177. The third-order valence-corrected chi connectivity index (χ3v) is 1.71. The van der Waals surface area contributed by atoms with E-state index in [2.05, 4.69) is 0 Å². The highest BCUT2D eigenvalue weighted by atomic mass is 32.2. The van der Waals surface area contributed by atoms with Crippen molar-refractivity contribution in [1.29, 1.82) is 0 Å². The molecule has 0 spiro atoms. The molecule has 0 aliphatic heterocycles. The van der Waals surface area contributed by atoms with Gasteiger partial charge in [0, 0.05) is 5.75 Å². The van der Waals surface area contributed by atoms with Gasteiger partial charge in [0.1, 0.15) is 0 Å². The maximum Gasteiger partial charge on any atom is 0.286 e. The van der Waals surface area contributed by atoms with Crippen LogP contribution in [0.2, 0.25) is 0 Å². The molecular formula is C5H11N3O2S. The summed E-state index contributed by atoms with van der Waals surface area (Å²) in [4.78, 5) is 9.69. The summed E-state index contributed by atoms with van der Waals surface area (Å²) in [6.45, 7) is 0. The minimum Gasteiger partial charge on any atom is -0.380 e. The maximum atomic E-state index is 10.2. The van der Waals surface area contributed by atoms with Crippen LogP contribution in [0.4, 0.5) is 0 Å². The minimum absolute atomic E-state index is 0.0839. The lowest BCUT2D eigenvalue weighted by atomic mass is 10.3. The molecule has 0 aromatic carbocycles. The Morgan fingerprint density at radius 3 is 2.45 bits per heavy atom. The number of nitro groups is 1. The summed E-state index contributed by atoms with van der Waals surface area (Å²) in [6.07, 6.45) is 2.18. The van der Waals surface area contributed by atoms with Crippen LogP contribution in [0.5, 0.6) is 0 Å². The van der Waals surface area contributed by atoms with Crippen molar-refractivity contribution in [2.24, 2.45) is 11.5 Å². The van der Waals surface area contributed by atoms with Gasteiger partial charge in [-0.1, -0.05) is 0 Å². The van der Waals surface area contributed by atoms with Crippen molar-refractivity contribution in [3.8, 4) is 0 Å². The van der Waals surface area contributed by atoms with E-state index in [1.807, 2.05) is 6.26 Å². The van der Waals surface area contributed by atoms with E-state index in [9.17, 15) is 10.1 Å². The Labute approximate surface area is 69.0 Å². The molecule has 6 heteroatoms. The molecule has 5 nitrogen and oxygen atoms in total. The summed E-state index contributed by atoms with van der Waals surface area (Å²) >= 11 is 1.52. The first kappa shape index (κ1) is 10.1. The van der Waals surface area contributed by atoms with Crippen LogP contribution in [0, 0.1) is 10.1 Å². The molecule has 0 amide bonds. The van der Waals surface area contributed by atoms with Gasteiger partial charge in [-0.05, 0) is 6.26 Å². The van der Waals surface area contributed by atoms with E-state index < -0.39 is 4.92 Å². The summed E-state index contributed by atoms with van der Waals surface area (Å²) in [5.41, 5.74) is 10.1. The number of nitrogens with two attached hydrogens (primary N) is 2. The summed E-state index contributed by atoms with van der Waals surface area (Å²) in [5, 5.41) is 10.2. The molecule has 0 heterocycles. The minimum atomic E-state index is -0.536. The number of rotatable bonds is 4. The smallest absolute Gasteiger partial charge is 0.286 e. The fourth-order valence-corrected chi connectivity index (χ4v) is 0.937. The third-order valence-electron chi connectivity index (χ3n) is 1.10. The van der Waals surface area contributed by atoms with Crippen LogP contribution in [0.1, 0.15) is 6.42 Å². The van der Waals surface area contributed by atoms with Crippen molar-refractivity contribution in [3.05, 3.63) is 21.6 Å². The average Bonchev–Trinajstić information content (AvgIpc) is 1.87. The molecule has 0 aromatic rings. The molecule has 0 rings (SSSR count). The van der Waals surface area contributed by atoms with Crippen LogP contribution in [0.3, 0.4) is 0 Å². The molecule has 0 saturated heterocycles. The molecule has 64 valence electrons. The Morgan fingerprint density at radius 1 is 1.64 bits per heavy atom. The predicted molar refractivity (Wildman–Crippen MR) is 45.4 cm³/mol. The quantitative estimate of drug-likeness (QED) is 0.469. The second-order valence-electron chi connectivity index (χ2n) is 1.90. The first-order chi connectivity index (χ1) is 5.09. The normalized spacial score (nSPS) is 9.18. The first-order valence-corrected chi connectivity index (χ1v) is 4.36. The lowest BCUT2D eigenvalue weighted by molar-refractivity contribution is -0.428. The van der Waals surface area contributed by atoms with Crippen LogP contribution in [0.15, 0.2) is 11.5 Å². The van der Waals surface area contributed by atoms with E-state index in [0.717, 1.165) is 0 Å². The molecule has 0 saturated carbocycles. The summed E-state index contributed by atoms with van der Waals surface area (Å²) < 4.78 is 0. The summed E-state index contributed by atoms with van der Waals surface area (Å²) in [7, 11) is 0. The number of thioether (sulfide) groups is 1. The van der Waals surface area contributed by atoms with Gasteiger partial charge in [-0.25, -0.2) is 0 Å². The van der Waals surface area contributed by atoms with E-state index in [-0.39, 0.29) is 11.5 Å². The third kappa shape index (κ3) is 3.72. The Kier molecular flexibility index (Phi) is 4.44. The predicted octanol–water partition coefficient (Wildman–Crippen LogP) is 0.103. The zero-order valence-corrected chi connectivity index (χ0v) is 7.06. The first-order valence-electron chi connectivity index (χ1n) is 2.97. The number of nitrogens with zero attached hydrogens (tertiary/aromatic N) is 1. The lowest BCUT2D eigenvalue weighted by Crippen LogP contribution is -2.17. The largest absolute Gasteiger partial charge is 0.380 e. The number of hydrogen-bond donors (Lipinski definition) is 2. The van der Waals surface area contributed by atoms with E-state index in [1.165, 1.54) is 11.8 Å². The average molecular weight is 177 g/mol. The molecule has 0 unspecified atom stereocenters. The van der Waals surface area contributed by atoms with Crippen LogP contribution in [-0.4, -0.2) is 16.9 Å². The van der Waals surface area contributed by atoms with Crippen LogP contribution >= 0.6 is 11.8 Å². The van der Waals surface area contributed by atoms with Crippen LogP contribution in [-0.2, 0) is 0 Å². The zero-order valence-electron chi connectivity index (χ0n) is 6.24. The molecule has 0 aliphatic rings. The zero-order chi connectivity index (χ0) is 8.85. The molecule has 0 bridgehead atoms. The van der Waals surface area contributed by atoms with E-state index >= 15 is 0 Å². The van der Waals surface area contributed by atoms with Gasteiger partial charge < -0.3 is 11.5 Å². The highest BCUT2D eigenvalue weighted by molar-refractivity contribution is 7.98. The van der Waals surface area contributed by atoms with E-state index in [4.69, 9.17) is 11.5 Å². The highest BCUT2D eigenvalue weighted by Crippen LogP contribution is 2.07. The van der Waals surface area contributed by atoms with Crippen molar-refractivity contribution in [2.45, 2.75) is 6.42 Å². The van der Waals surface area contributed by atoms with Gasteiger partial charge in [0.2, 0.25) is 0 Å². The lowest BCUT2D eigenvalue weighted by Gasteiger charge is -1.97. The Hall–Kier alpha value is -0.910. The molecule has 0 aromatic heterocycles. The summed E-state index contributed by atoms with van der Waals surface area (Å²) in [6, 6.07) is 0. The van der Waals surface area contributed by atoms with Gasteiger partial charge in [0.15, 0.2) is 5.82 Å². The van der Waals surface area contributed by atoms with Gasteiger partial charge in [0.05, 0.1) is 11.3 Å². The van der Waals surface area contributed by atoms with Crippen molar-refractivity contribution < 1.29 is 4.92 Å². The molecule has 4 N–H and O–H groups in total. The summed E-state index contributed by atoms with van der Waals surface area (Å²) in [5.74, 6) is 0.470. The van der Waals surface area contributed by atoms with Crippen molar-refractivity contribution in [2.75, 3.05) is 12.0 Å². The maximum absolute atomic E-state index is 10.2. The van der Waals surface area contributed by atoms with Gasteiger partial charge in [-0.2, -0.15) is 11.8 Å². The van der Waals surface area contributed by atoms with Crippen molar-refractivity contribution >= 4 is 11.8 Å². The van der Waals surface area contributed by atoms with Gasteiger partial charge in [-0.3, -0.25) is 10.1 Å². The SMILES string of the molecule is CSCCC(=C(N)N)[N+](=O)[O-]. The Morgan fingerprint density at radius 2 is 2.18 bits per heavy atom. The molecular weight excluding hydrogens is 166 g/mol. The van der Waals surface area contributed by atoms with Gasteiger partial charge in [0.25, 0.3) is 5.70 Å². The topological polar surface area (TPSA) is 95.2 Å². The number of hydrogen-bond acceptors (Lipinski definition) is 5. The number of allylic oxidation sites excluding steroid dienone is 1. The molecule has 0 fully saturated rings. The standard InChI is InChI=1S/C5H11N3O2S/c1-11-3-2-4(5(6)7)8(9)10/h2-3,6-7H2,1H3. The van der Waals surface area contributed by atoms with Crippen molar-refractivity contribution in [1.82, 2.24) is 0 Å². The molecule has 0 aliphatic carbocycles. The highest BCUT2D eigenvalue weighted by Gasteiger charge is 2.12. The molecule has 11 heavy (non-hydrogen) atoms. The van der Waals surface area contributed by atoms with Crippen LogP contribution in [0.25, 0.3) is 0 Å². The second-order valence-corrected chi connectivity index (χ2v) is 2.89. The van der Waals surface area contributed by atoms with Gasteiger partial charge in [-0.15, -0.1) is 0 Å². The van der Waals surface area contributed by atoms with Crippen molar-refractivity contribution in [3.63, 3.8) is 0 Å². The van der Waals surface area contributed by atoms with E-state index in [1.54, 1.807) is 0 Å². The van der Waals surface area contributed by atoms with E-state index in [0.29, 0.717) is 12.2 Å². The fourth-order valence-electron chi connectivity index (χ4n) is 0.540. The second kappa shape index (κ2) is 4.84. The Balaban J connectivity index is 4.14. The fraction of sp³-hybridized carbons (Fsp3) is 0.600.